The van der Waals surface area contributed by atoms with Crippen LogP contribution in [0.5, 0.6) is 0 Å². The number of hydrogen-bond acceptors (Lipinski definition) is 4. The second-order valence-electron chi connectivity index (χ2n) is 6.06. The number of para-hydroxylation sites is 1. The Hall–Kier alpha value is -1.17. The van der Waals surface area contributed by atoms with Crippen LogP contribution in [0.3, 0.4) is 0 Å². The summed E-state index contributed by atoms with van der Waals surface area (Å²) in [5, 5.41) is 4.14. The Balaban J connectivity index is 0.00000144. The maximum atomic E-state index is 12.3. The molecule has 2 aromatic rings. The highest BCUT2D eigenvalue weighted by molar-refractivity contribution is 7.18. The Kier molecular flexibility index (Phi) is 4.66. The van der Waals surface area contributed by atoms with Crippen LogP contribution in [0.1, 0.15) is 17.8 Å². The number of carbonyl (C=O) groups is 1. The molecular weight excluding hydrogens is 318 g/mol. The largest absolute Gasteiger partial charge is 0.351 e. The van der Waals surface area contributed by atoms with Crippen LogP contribution in [0.15, 0.2) is 24.3 Å². The quantitative estimate of drug-likeness (QED) is 0.935. The number of carbonyl (C=O) groups excluding carboxylic acids is 1. The molecule has 0 spiro atoms. The molecule has 1 aromatic carbocycles. The van der Waals surface area contributed by atoms with Crippen molar-refractivity contribution in [2.75, 3.05) is 19.6 Å². The van der Waals surface area contributed by atoms with E-state index in [1.807, 2.05) is 18.2 Å². The zero-order valence-corrected chi connectivity index (χ0v) is 14.0. The van der Waals surface area contributed by atoms with Crippen LogP contribution < -0.4 is 5.32 Å². The van der Waals surface area contributed by atoms with E-state index in [-0.39, 0.29) is 18.3 Å². The Morgan fingerprint density at radius 1 is 1.32 bits per heavy atom. The van der Waals surface area contributed by atoms with E-state index in [0.717, 1.165) is 21.8 Å². The van der Waals surface area contributed by atoms with Crippen LogP contribution in [0.25, 0.3) is 10.2 Å². The van der Waals surface area contributed by atoms with E-state index < -0.39 is 0 Å². The number of nitrogens with one attached hydrogen (secondary N) is 1. The Labute approximate surface area is 140 Å². The first-order valence-corrected chi connectivity index (χ1v) is 8.46. The summed E-state index contributed by atoms with van der Waals surface area (Å²) in [7, 11) is 0. The fourth-order valence-corrected chi connectivity index (χ4v) is 4.49. The van der Waals surface area contributed by atoms with Crippen LogP contribution in [0.4, 0.5) is 0 Å². The summed E-state index contributed by atoms with van der Waals surface area (Å²) in [5.74, 6) is 0.794. The highest BCUT2D eigenvalue weighted by atomic mass is 35.5. The number of nitrogens with zero attached hydrogens (tertiary/aromatic N) is 2. The smallest absolute Gasteiger partial charge is 0.227 e. The SMILES string of the molecule is Cl.O=C(Cc1nc2ccccc2s1)N[C@H]1CN2CCC1CC2. The van der Waals surface area contributed by atoms with Crippen molar-refractivity contribution in [3.05, 3.63) is 29.3 Å². The molecule has 6 heteroatoms. The van der Waals surface area contributed by atoms with Crippen molar-refractivity contribution in [1.82, 2.24) is 15.2 Å². The van der Waals surface area contributed by atoms with E-state index in [9.17, 15) is 4.79 Å². The first-order chi connectivity index (χ1) is 10.3. The summed E-state index contributed by atoms with van der Waals surface area (Å²) in [6.45, 7) is 3.43. The molecule has 3 aliphatic rings. The third-order valence-corrected chi connectivity index (χ3v) is 5.69. The van der Waals surface area contributed by atoms with Gasteiger partial charge in [0.25, 0.3) is 0 Å². The standard InChI is InChI=1S/C16H19N3OS.ClH/c20-15(17-13-10-19-7-5-11(13)6-8-19)9-16-18-12-3-1-2-4-14(12)21-16;/h1-4,11,13H,5-10H2,(H,17,20);1H/t13-;/m0./s1. The highest BCUT2D eigenvalue weighted by Gasteiger charge is 2.34. The van der Waals surface area contributed by atoms with Crippen molar-refractivity contribution in [2.24, 2.45) is 5.92 Å². The number of thiazole rings is 1. The van der Waals surface area contributed by atoms with Crippen LogP contribution in [-0.4, -0.2) is 41.5 Å². The van der Waals surface area contributed by atoms with Crippen LogP contribution in [0.2, 0.25) is 0 Å². The summed E-state index contributed by atoms with van der Waals surface area (Å²) >= 11 is 1.62. The number of halogens is 1. The zero-order chi connectivity index (χ0) is 14.2. The van der Waals surface area contributed by atoms with Gasteiger partial charge in [0.2, 0.25) is 5.91 Å². The summed E-state index contributed by atoms with van der Waals surface area (Å²) in [6, 6.07) is 8.40. The van der Waals surface area contributed by atoms with E-state index in [1.54, 1.807) is 11.3 Å². The minimum Gasteiger partial charge on any atom is -0.351 e. The number of hydrogen-bond donors (Lipinski definition) is 1. The lowest BCUT2D eigenvalue weighted by atomic mass is 9.84. The minimum absolute atomic E-state index is 0. The van der Waals surface area contributed by atoms with Crippen LogP contribution in [0, 0.1) is 5.92 Å². The number of amides is 1. The maximum Gasteiger partial charge on any atom is 0.227 e. The monoisotopic (exact) mass is 337 g/mol. The van der Waals surface area contributed by atoms with Crippen molar-refractivity contribution in [3.8, 4) is 0 Å². The predicted molar refractivity (Wildman–Crippen MR) is 91.7 cm³/mol. The molecular formula is C16H20ClN3OS. The molecule has 5 rings (SSSR count). The second kappa shape index (κ2) is 6.52. The number of rotatable bonds is 3. The average molecular weight is 338 g/mol. The van der Waals surface area contributed by atoms with Gasteiger partial charge in [0, 0.05) is 12.6 Å². The number of aromatic nitrogens is 1. The average Bonchev–Trinajstić information content (AvgIpc) is 2.90. The second-order valence-corrected chi connectivity index (χ2v) is 7.18. The molecule has 3 aliphatic heterocycles. The lowest BCUT2D eigenvalue weighted by Crippen LogP contribution is -2.57. The van der Waals surface area contributed by atoms with Gasteiger partial charge in [-0.3, -0.25) is 4.79 Å². The van der Waals surface area contributed by atoms with Gasteiger partial charge in [-0.2, -0.15) is 0 Å². The number of fused-ring (bicyclic) bond motifs is 4. The lowest BCUT2D eigenvalue weighted by Gasteiger charge is -2.44. The normalized spacial score (nSPS) is 26.6. The molecule has 0 saturated carbocycles. The van der Waals surface area contributed by atoms with Crippen LogP contribution >= 0.6 is 23.7 Å². The maximum absolute atomic E-state index is 12.3. The Bertz CT molecular complexity index is 633. The number of piperidine rings is 3. The Morgan fingerprint density at radius 2 is 2.09 bits per heavy atom. The molecule has 4 nitrogen and oxygen atoms in total. The summed E-state index contributed by atoms with van der Waals surface area (Å²) in [6.07, 6.45) is 2.86. The third kappa shape index (κ3) is 3.12. The molecule has 1 atom stereocenters. The molecule has 3 saturated heterocycles. The van der Waals surface area contributed by atoms with Crippen molar-refractivity contribution < 1.29 is 4.79 Å². The van der Waals surface area contributed by atoms with Crippen LogP contribution in [-0.2, 0) is 11.2 Å². The number of benzene rings is 1. The minimum atomic E-state index is 0. The fourth-order valence-electron chi connectivity index (χ4n) is 3.52. The van der Waals surface area contributed by atoms with Crippen molar-refractivity contribution in [3.63, 3.8) is 0 Å². The Morgan fingerprint density at radius 3 is 2.77 bits per heavy atom. The van der Waals surface area contributed by atoms with E-state index in [0.29, 0.717) is 18.4 Å². The van der Waals surface area contributed by atoms with Crippen molar-refractivity contribution in [1.29, 1.82) is 0 Å². The molecule has 4 heterocycles. The molecule has 1 amide bonds. The summed E-state index contributed by atoms with van der Waals surface area (Å²) < 4.78 is 1.16. The van der Waals surface area contributed by atoms with Crippen molar-refractivity contribution in [2.45, 2.75) is 25.3 Å². The van der Waals surface area contributed by atoms with Gasteiger partial charge in [-0.15, -0.1) is 23.7 Å². The van der Waals surface area contributed by atoms with E-state index in [4.69, 9.17) is 0 Å². The molecule has 0 unspecified atom stereocenters. The van der Waals surface area contributed by atoms with Gasteiger partial charge in [-0.25, -0.2) is 4.98 Å². The molecule has 1 N–H and O–H groups in total. The molecule has 0 aliphatic carbocycles. The predicted octanol–water partition coefficient (Wildman–Crippen LogP) is 2.47. The zero-order valence-electron chi connectivity index (χ0n) is 12.3. The summed E-state index contributed by atoms with van der Waals surface area (Å²) in [4.78, 5) is 19.3. The fraction of sp³-hybridized carbons (Fsp3) is 0.500. The van der Waals surface area contributed by atoms with Gasteiger partial charge in [-0.05, 0) is 44.0 Å². The van der Waals surface area contributed by atoms with E-state index in [1.165, 1.54) is 25.9 Å². The van der Waals surface area contributed by atoms with Gasteiger partial charge < -0.3 is 10.2 Å². The first kappa shape index (κ1) is 15.7. The van der Waals surface area contributed by atoms with Gasteiger partial charge >= 0.3 is 0 Å². The topological polar surface area (TPSA) is 45.2 Å². The van der Waals surface area contributed by atoms with Gasteiger partial charge in [0.1, 0.15) is 5.01 Å². The first-order valence-electron chi connectivity index (χ1n) is 7.64. The molecule has 2 bridgehead atoms. The van der Waals surface area contributed by atoms with Gasteiger partial charge in [0.15, 0.2) is 0 Å². The molecule has 0 radical (unpaired) electrons. The lowest BCUT2D eigenvalue weighted by molar-refractivity contribution is -0.122. The molecule has 1 aromatic heterocycles. The molecule has 3 fully saturated rings. The highest BCUT2D eigenvalue weighted by Crippen LogP contribution is 2.27. The summed E-state index contributed by atoms with van der Waals surface area (Å²) in [5.41, 5.74) is 0.994. The van der Waals surface area contributed by atoms with Crippen molar-refractivity contribution >= 4 is 39.9 Å². The third-order valence-electron chi connectivity index (χ3n) is 4.65. The van der Waals surface area contributed by atoms with Gasteiger partial charge in [0.05, 0.1) is 16.6 Å². The van der Waals surface area contributed by atoms with E-state index >= 15 is 0 Å². The molecule has 22 heavy (non-hydrogen) atoms. The van der Waals surface area contributed by atoms with Gasteiger partial charge in [-0.1, -0.05) is 12.1 Å². The van der Waals surface area contributed by atoms with E-state index in [2.05, 4.69) is 21.3 Å². The molecule has 118 valence electrons.